The van der Waals surface area contributed by atoms with Crippen molar-refractivity contribution >= 4 is 5.91 Å². The number of ether oxygens (including phenoxy) is 2. The van der Waals surface area contributed by atoms with Gasteiger partial charge in [0.2, 0.25) is 5.91 Å². The Morgan fingerprint density at radius 2 is 2.09 bits per heavy atom. The van der Waals surface area contributed by atoms with Crippen LogP contribution in [0, 0.1) is 11.8 Å². The third-order valence-corrected chi connectivity index (χ3v) is 5.64. The first kappa shape index (κ1) is 17.1. The summed E-state index contributed by atoms with van der Waals surface area (Å²) in [6.45, 7) is 3.88. The summed E-state index contributed by atoms with van der Waals surface area (Å²) in [5.41, 5.74) is 0. The standard InChI is InChI=1S/C17H31N3O3/c1-19(2)7-6-18-16(21)14-10-13-11-17(22-8-9-23-17)5-4-15(13)20(3)12-14/h13-15H,4-12H2,1-3H3,(H,18,21)/t13-,14-,15-/m1/s1. The summed E-state index contributed by atoms with van der Waals surface area (Å²) in [7, 11) is 6.20. The maximum absolute atomic E-state index is 12.5. The van der Waals surface area contributed by atoms with Gasteiger partial charge in [0.05, 0.1) is 19.1 Å². The molecule has 1 amide bonds. The molecule has 6 nitrogen and oxygen atoms in total. The number of likely N-dealkylation sites (tertiary alicyclic amines) is 1. The van der Waals surface area contributed by atoms with Gasteiger partial charge in [-0.05, 0) is 39.9 Å². The highest BCUT2D eigenvalue weighted by Gasteiger charge is 2.49. The molecule has 0 aromatic carbocycles. The lowest BCUT2D eigenvalue weighted by atomic mass is 9.72. The van der Waals surface area contributed by atoms with E-state index < -0.39 is 0 Å². The van der Waals surface area contributed by atoms with Gasteiger partial charge >= 0.3 is 0 Å². The van der Waals surface area contributed by atoms with Gasteiger partial charge in [0.1, 0.15) is 0 Å². The van der Waals surface area contributed by atoms with Crippen LogP contribution in [-0.2, 0) is 14.3 Å². The Morgan fingerprint density at radius 1 is 1.35 bits per heavy atom. The summed E-state index contributed by atoms with van der Waals surface area (Å²) < 4.78 is 11.8. The number of fused-ring (bicyclic) bond motifs is 1. The molecule has 0 aromatic heterocycles. The molecule has 0 radical (unpaired) electrons. The molecule has 1 aliphatic carbocycles. The second kappa shape index (κ2) is 7.05. The third-order valence-electron chi connectivity index (χ3n) is 5.64. The zero-order valence-electron chi connectivity index (χ0n) is 14.7. The molecule has 2 heterocycles. The molecule has 0 bridgehead atoms. The van der Waals surface area contributed by atoms with Crippen molar-refractivity contribution in [2.45, 2.75) is 37.5 Å². The molecular weight excluding hydrogens is 294 g/mol. The van der Waals surface area contributed by atoms with Crippen molar-refractivity contribution in [1.82, 2.24) is 15.1 Å². The van der Waals surface area contributed by atoms with Crippen LogP contribution in [0.4, 0.5) is 0 Å². The van der Waals surface area contributed by atoms with Crippen LogP contribution < -0.4 is 5.32 Å². The number of likely N-dealkylation sites (N-methyl/N-ethyl adjacent to an activating group) is 1. The molecule has 3 fully saturated rings. The van der Waals surface area contributed by atoms with Crippen LogP contribution in [0.5, 0.6) is 0 Å². The fraction of sp³-hybridized carbons (Fsp3) is 0.941. The van der Waals surface area contributed by atoms with Crippen molar-refractivity contribution in [1.29, 1.82) is 0 Å². The third kappa shape index (κ3) is 3.87. The fourth-order valence-corrected chi connectivity index (χ4v) is 4.48. The van der Waals surface area contributed by atoms with E-state index in [2.05, 4.69) is 22.2 Å². The quantitative estimate of drug-likeness (QED) is 0.817. The van der Waals surface area contributed by atoms with E-state index in [0.29, 0.717) is 25.2 Å². The van der Waals surface area contributed by atoms with Gasteiger partial charge in [-0.2, -0.15) is 0 Å². The number of carbonyl (C=O) groups excluding carboxylic acids is 1. The molecule has 1 saturated carbocycles. The topological polar surface area (TPSA) is 54.0 Å². The number of amides is 1. The Hall–Kier alpha value is -0.690. The summed E-state index contributed by atoms with van der Waals surface area (Å²) in [6.07, 6.45) is 3.98. The lowest BCUT2D eigenvalue weighted by molar-refractivity contribution is -0.202. The van der Waals surface area contributed by atoms with Crippen molar-refractivity contribution in [3.8, 4) is 0 Å². The number of hydrogen-bond donors (Lipinski definition) is 1. The van der Waals surface area contributed by atoms with E-state index in [-0.39, 0.29) is 17.6 Å². The average molecular weight is 325 g/mol. The Bertz CT molecular complexity index is 423. The lowest BCUT2D eigenvalue weighted by Gasteiger charge is -2.49. The van der Waals surface area contributed by atoms with Crippen molar-refractivity contribution in [2.75, 3.05) is 54.0 Å². The molecule has 1 spiro atoms. The van der Waals surface area contributed by atoms with Crippen LogP contribution in [0.25, 0.3) is 0 Å². The van der Waals surface area contributed by atoms with Gasteiger partial charge < -0.3 is 24.6 Å². The van der Waals surface area contributed by atoms with E-state index >= 15 is 0 Å². The van der Waals surface area contributed by atoms with Crippen LogP contribution in [0.1, 0.15) is 25.7 Å². The maximum Gasteiger partial charge on any atom is 0.224 e. The molecule has 3 rings (SSSR count). The summed E-state index contributed by atoms with van der Waals surface area (Å²) >= 11 is 0. The van der Waals surface area contributed by atoms with Crippen LogP contribution in [0.15, 0.2) is 0 Å². The van der Waals surface area contributed by atoms with Crippen LogP contribution in [0.2, 0.25) is 0 Å². The second-order valence-electron chi connectivity index (χ2n) is 7.64. The van der Waals surface area contributed by atoms with Gasteiger partial charge in [-0.25, -0.2) is 0 Å². The summed E-state index contributed by atoms with van der Waals surface area (Å²) in [4.78, 5) is 17.0. The van der Waals surface area contributed by atoms with E-state index in [1.165, 1.54) is 0 Å². The van der Waals surface area contributed by atoms with Gasteiger partial charge in [0.25, 0.3) is 0 Å². The second-order valence-corrected chi connectivity index (χ2v) is 7.64. The number of nitrogens with one attached hydrogen (secondary N) is 1. The summed E-state index contributed by atoms with van der Waals surface area (Å²) in [5.74, 6) is 0.417. The maximum atomic E-state index is 12.5. The molecule has 0 aromatic rings. The summed E-state index contributed by atoms with van der Waals surface area (Å²) in [6, 6.07) is 0.569. The minimum absolute atomic E-state index is 0.0833. The zero-order chi connectivity index (χ0) is 16.4. The number of carbonyl (C=O) groups is 1. The van der Waals surface area contributed by atoms with Crippen LogP contribution in [-0.4, -0.2) is 81.5 Å². The molecule has 3 aliphatic rings. The number of nitrogens with zero attached hydrogens (tertiary/aromatic N) is 2. The molecule has 0 unspecified atom stereocenters. The first-order valence-corrected chi connectivity index (χ1v) is 8.90. The van der Waals surface area contributed by atoms with Gasteiger partial charge in [-0.3, -0.25) is 4.79 Å². The van der Waals surface area contributed by atoms with Crippen molar-refractivity contribution < 1.29 is 14.3 Å². The molecule has 1 N–H and O–H groups in total. The van der Waals surface area contributed by atoms with Crippen LogP contribution in [0.3, 0.4) is 0 Å². The monoisotopic (exact) mass is 325 g/mol. The Kier molecular flexibility index (Phi) is 5.26. The molecule has 23 heavy (non-hydrogen) atoms. The van der Waals surface area contributed by atoms with Gasteiger partial charge in [-0.15, -0.1) is 0 Å². The van der Waals surface area contributed by atoms with Gasteiger partial charge in [-0.1, -0.05) is 0 Å². The molecule has 132 valence electrons. The SMILES string of the molecule is CN(C)CCNC(=O)[C@@H]1C[C@@H]2CC3(CC[C@H]2N(C)C1)OCCO3. The van der Waals surface area contributed by atoms with E-state index in [1.807, 2.05) is 14.1 Å². The lowest BCUT2D eigenvalue weighted by Crippen LogP contribution is -2.55. The highest BCUT2D eigenvalue weighted by atomic mass is 16.7. The first-order chi connectivity index (χ1) is 11.0. The number of piperidine rings is 1. The zero-order valence-corrected chi connectivity index (χ0v) is 14.7. The van der Waals surface area contributed by atoms with E-state index in [1.54, 1.807) is 0 Å². The van der Waals surface area contributed by atoms with Crippen molar-refractivity contribution in [3.05, 3.63) is 0 Å². The number of rotatable bonds is 4. The van der Waals surface area contributed by atoms with Gasteiger partial charge in [0, 0.05) is 38.5 Å². The van der Waals surface area contributed by atoms with E-state index in [9.17, 15) is 4.79 Å². The molecule has 6 heteroatoms. The van der Waals surface area contributed by atoms with E-state index in [4.69, 9.17) is 9.47 Å². The predicted molar refractivity (Wildman–Crippen MR) is 88.1 cm³/mol. The Morgan fingerprint density at radius 3 is 2.78 bits per heavy atom. The Balaban J connectivity index is 1.57. The van der Waals surface area contributed by atoms with Gasteiger partial charge in [0.15, 0.2) is 5.79 Å². The highest BCUT2D eigenvalue weighted by molar-refractivity contribution is 5.79. The van der Waals surface area contributed by atoms with Crippen molar-refractivity contribution in [2.24, 2.45) is 11.8 Å². The molecule has 2 aliphatic heterocycles. The summed E-state index contributed by atoms with van der Waals surface area (Å²) in [5, 5.41) is 3.09. The minimum atomic E-state index is -0.356. The molecule has 3 atom stereocenters. The first-order valence-electron chi connectivity index (χ1n) is 8.90. The molecule has 2 saturated heterocycles. The fourth-order valence-electron chi connectivity index (χ4n) is 4.48. The smallest absolute Gasteiger partial charge is 0.224 e. The molecular formula is C17H31N3O3. The highest BCUT2D eigenvalue weighted by Crippen LogP contribution is 2.44. The largest absolute Gasteiger partial charge is 0.355 e. The Labute approximate surface area is 139 Å². The minimum Gasteiger partial charge on any atom is -0.355 e. The average Bonchev–Trinajstić information content (AvgIpc) is 2.94. The normalized spacial score (nSPS) is 33.8. The number of hydrogen-bond acceptors (Lipinski definition) is 5. The van der Waals surface area contributed by atoms with Crippen LogP contribution >= 0.6 is 0 Å². The van der Waals surface area contributed by atoms with E-state index in [0.717, 1.165) is 45.3 Å². The van der Waals surface area contributed by atoms with Crippen molar-refractivity contribution in [3.63, 3.8) is 0 Å². The predicted octanol–water partition coefficient (Wildman–Crippen LogP) is 0.528.